The van der Waals surface area contributed by atoms with Gasteiger partial charge in [0.05, 0.1) is 9.77 Å². The maximum absolute atomic E-state index is 13.4. The number of hydrogen-bond acceptors (Lipinski definition) is 2. The van der Waals surface area contributed by atoms with Crippen molar-refractivity contribution in [1.29, 1.82) is 0 Å². The zero-order chi connectivity index (χ0) is 13.1. The summed E-state index contributed by atoms with van der Waals surface area (Å²) in [7, 11) is 0. The Morgan fingerprint density at radius 3 is 3.00 bits per heavy atom. The molecule has 3 nitrogen and oxygen atoms in total. The summed E-state index contributed by atoms with van der Waals surface area (Å²) < 4.78 is 16.4. The van der Waals surface area contributed by atoms with Crippen LogP contribution >= 0.6 is 45.2 Å². The van der Waals surface area contributed by atoms with Gasteiger partial charge in [0.1, 0.15) is 0 Å². The van der Waals surface area contributed by atoms with E-state index < -0.39 is 0 Å². The monoisotopic (exact) mass is 469 g/mol. The topological polar surface area (TPSA) is 30.2 Å². The van der Waals surface area contributed by atoms with Crippen LogP contribution in [0.1, 0.15) is 12.7 Å². The fourth-order valence-electron chi connectivity index (χ4n) is 1.47. The molecule has 0 radical (unpaired) electrons. The molecule has 0 unspecified atom stereocenters. The first-order chi connectivity index (χ1) is 8.65. The second-order valence-electron chi connectivity index (χ2n) is 3.51. The van der Waals surface area contributed by atoms with E-state index in [4.69, 9.17) is 0 Å². The quantitative estimate of drug-likeness (QED) is 0.389. The van der Waals surface area contributed by atoms with Crippen molar-refractivity contribution in [3.05, 3.63) is 45.7 Å². The van der Waals surface area contributed by atoms with E-state index in [1.807, 2.05) is 47.7 Å². The number of halogens is 3. The van der Waals surface area contributed by atoms with Gasteiger partial charge in [-0.1, -0.05) is 40.8 Å². The summed E-state index contributed by atoms with van der Waals surface area (Å²) in [5.41, 5.74) is 1.59. The number of hydrogen-bond donors (Lipinski definition) is 0. The number of fused-ring (bicyclic) bond motifs is 1. The Balaban J connectivity index is 2.49. The minimum absolute atomic E-state index is 0.288. The van der Waals surface area contributed by atoms with Gasteiger partial charge in [0, 0.05) is 10.0 Å². The molecule has 0 spiro atoms. The second-order valence-corrected chi connectivity index (χ2v) is 5.55. The number of nitrogens with zero attached hydrogens (tertiary/aromatic N) is 3. The molecule has 2 rings (SSSR count). The van der Waals surface area contributed by atoms with E-state index >= 15 is 0 Å². The van der Waals surface area contributed by atoms with Crippen molar-refractivity contribution in [1.82, 2.24) is 14.6 Å². The maximum atomic E-state index is 13.4. The van der Waals surface area contributed by atoms with Gasteiger partial charge in [0.25, 0.3) is 0 Å². The Bertz CT molecular complexity index is 593. The average molecular weight is 469 g/mol. The summed E-state index contributed by atoms with van der Waals surface area (Å²) in [6, 6.07) is 1.68. The van der Waals surface area contributed by atoms with Gasteiger partial charge in [-0.2, -0.15) is 0 Å². The van der Waals surface area contributed by atoms with E-state index in [2.05, 4.69) is 32.7 Å². The molecule has 18 heavy (non-hydrogen) atoms. The summed E-state index contributed by atoms with van der Waals surface area (Å²) in [6.07, 6.45) is 7.30. The SMILES string of the molecule is C/C=C(\C=C/CI)c1nc2cc(I)c(F)cn2n1. The minimum atomic E-state index is -0.288. The molecule has 6 heteroatoms. The third-order valence-corrected chi connectivity index (χ3v) is 3.67. The highest BCUT2D eigenvalue weighted by Gasteiger charge is 2.09. The third kappa shape index (κ3) is 2.90. The van der Waals surface area contributed by atoms with Crippen molar-refractivity contribution < 1.29 is 4.39 Å². The minimum Gasteiger partial charge on any atom is -0.217 e. The number of pyridine rings is 1. The first kappa shape index (κ1) is 13.9. The standard InChI is InChI=1S/C12H10FI2N3/c1-2-8(4-3-5-14)12-16-11-6-10(15)9(13)7-18(11)17-12/h2-4,6-7H,5H2,1H3/b4-3-,8-2+. The van der Waals surface area contributed by atoms with Crippen molar-refractivity contribution in [3.8, 4) is 0 Å². The highest BCUT2D eigenvalue weighted by molar-refractivity contribution is 14.1. The Kier molecular flexibility index (Phi) is 4.71. The summed E-state index contributed by atoms with van der Waals surface area (Å²) >= 11 is 4.21. The van der Waals surface area contributed by atoms with Crippen LogP contribution in [0.15, 0.2) is 30.5 Å². The maximum Gasteiger partial charge on any atom is 0.181 e. The molecule has 0 aliphatic heterocycles. The van der Waals surface area contributed by atoms with Crippen LogP contribution in [0.4, 0.5) is 4.39 Å². The molecule has 0 saturated carbocycles. The lowest BCUT2D eigenvalue weighted by Gasteiger charge is -1.94. The van der Waals surface area contributed by atoms with Crippen molar-refractivity contribution in [2.24, 2.45) is 0 Å². The lowest BCUT2D eigenvalue weighted by molar-refractivity contribution is 0.607. The summed E-state index contributed by atoms with van der Waals surface area (Å²) in [5, 5.41) is 4.28. The molecule has 94 valence electrons. The van der Waals surface area contributed by atoms with Gasteiger partial charge >= 0.3 is 0 Å². The molecule has 0 fully saturated rings. The van der Waals surface area contributed by atoms with E-state index in [0.29, 0.717) is 15.0 Å². The molecular weight excluding hydrogens is 459 g/mol. The van der Waals surface area contributed by atoms with Crippen LogP contribution in [0.5, 0.6) is 0 Å². The van der Waals surface area contributed by atoms with Gasteiger partial charge in [-0.05, 0) is 35.6 Å². The van der Waals surface area contributed by atoms with Gasteiger partial charge in [-0.15, -0.1) is 5.10 Å². The highest BCUT2D eigenvalue weighted by Crippen LogP contribution is 2.17. The second kappa shape index (κ2) is 6.09. The molecule has 0 aliphatic carbocycles. The van der Waals surface area contributed by atoms with Crippen LogP contribution in [-0.4, -0.2) is 19.0 Å². The van der Waals surface area contributed by atoms with E-state index in [0.717, 1.165) is 10.0 Å². The molecule has 0 atom stereocenters. The van der Waals surface area contributed by atoms with Crippen LogP contribution in [0.3, 0.4) is 0 Å². The van der Waals surface area contributed by atoms with Crippen LogP contribution in [-0.2, 0) is 0 Å². The van der Waals surface area contributed by atoms with E-state index in [9.17, 15) is 4.39 Å². The van der Waals surface area contributed by atoms with Crippen LogP contribution in [0.25, 0.3) is 11.2 Å². The zero-order valence-corrected chi connectivity index (χ0v) is 13.9. The summed E-state index contributed by atoms with van der Waals surface area (Å²) in [6.45, 7) is 1.93. The predicted molar refractivity (Wildman–Crippen MR) is 87.3 cm³/mol. The summed E-state index contributed by atoms with van der Waals surface area (Å²) in [5.74, 6) is 0.324. The van der Waals surface area contributed by atoms with Gasteiger partial charge < -0.3 is 0 Å². The van der Waals surface area contributed by atoms with E-state index in [1.165, 1.54) is 10.7 Å². The van der Waals surface area contributed by atoms with Crippen molar-refractivity contribution >= 4 is 56.4 Å². The molecule has 0 amide bonds. The average Bonchev–Trinajstić information content (AvgIpc) is 2.73. The third-order valence-electron chi connectivity index (χ3n) is 2.33. The Morgan fingerprint density at radius 2 is 2.33 bits per heavy atom. The summed E-state index contributed by atoms with van der Waals surface area (Å²) in [4.78, 5) is 4.40. The number of rotatable bonds is 3. The zero-order valence-electron chi connectivity index (χ0n) is 9.57. The molecule has 2 aromatic heterocycles. The van der Waals surface area contributed by atoms with Gasteiger partial charge in [0.15, 0.2) is 17.3 Å². The number of alkyl halides is 1. The molecule has 2 aromatic rings. The Labute approximate surface area is 131 Å². The predicted octanol–water partition coefficient (Wildman–Crippen LogP) is 3.87. The fourth-order valence-corrected chi connectivity index (χ4v) is 2.15. The molecule has 0 saturated heterocycles. The number of allylic oxidation sites excluding steroid dienone is 4. The lowest BCUT2D eigenvalue weighted by atomic mass is 10.2. The lowest BCUT2D eigenvalue weighted by Crippen LogP contribution is -1.92. The first-order valence-electron chi connectivity index (χ1n) is 5.26. The largest absolute Gasteiger partial charge is 0.217 e. The van der Waals surface area contributed by atoms with E-state index in [-0.39, 0.29) is 5.82 Å². The fraction of sp³-hybridized carbons (Fsp3) is 0.167. The molecule has 0 aromatic carbocycles. The smallest absolute Gasteiger partial charge is 0.181 e. The molecule has 2 heterocycles. The molecular formula is C12H10FI2N3. The Morgan fingerprint density at radius 1 is 1.56 bits per heavy atom. The molecule has 0 bridgehead atoms. The van der Waals surface area contributed by atoms with Gasteiger partial charge in [-0.25, -0.2) is 13.9 Å². The van der Waals surface area contributed by atoms with Crippen LogP contribution < -0.4 is 0 Å². The normalized spacial score (nSPS) is 12.8. The first-order valence-corrected chi connectivity index (χ1v) is 7.86. The molecule has 0 N–H and O–H groups in total. The van der Waals surface area contributed by atoms with E-state index in [1.54, 1.807) is 6.07 Å². The highest BCUT2D eigenvalue weighted by atomic mass is 127. The van der Waals surface area contributed by atoms with Crippen molar-refractivity contribution in [3.63, 3.8) is 0 Å². The van der Waals surface area contributed by atoms with Crippen molar-refractivity contribution in [2.45, 2.75) is 6.92 Å². The molecule has 0 aliphatic rings. The Hall–Kier alpha value is -0.510. The van der Waals surface area contributed by atoms with Crippen LogP contribution in [0, 0.1) is 9.39 Å². The number of aromatic nitrogens is 3. The van der Waals surface area contributed by atoms with Gasteiger partial charge in [0.2, 0.25) is 0 Å². The van der Waals surface area contributed by atoms with Crippen LogP contribution in [0.2, 0.25) is 0 Å². The van der Waals surface area contributed by atoms with Crippen molar-refractivity contribution in [2.75, 3.05) is 4.43 Å². The van der Waals surface area contributed by atoms with Gasteiger partial charge in [-0.3, -0.25) is 0 Å².